The lowest BCUT2D eigenvalue weighted by molar-refractivity contribution is 0.0918. The molecular formula is C17H15NO2S2. The van der Waals surface area contributed by atoms with Gasteiger partial charge in [0, 0.05) is 26.7 Å². The van der Waals surface area contributed by atoms with Gasteiger partial charge in [-0.05, 0) is 35.7 Å². The molecule has 0 fully saturated rings. The molecule has 5 heteroatoms. The first-order chi connectivity index (χ1) is 10.7. The third-order valence-electron chi connectivity index (χ3n) is 3.21. The molecule has 3 aromatic rings. The lowest BCUT2D eigenvalue weighted by atomic mass is 10.2. The average Bonchev–Trinajstić information content (AvgIpc) is 3.23. The fraction of sp³-hybridized carbons (Fsp3) is 0.118. The van der Waals surface area contributed by atoms with Gasteiger partial charge in [0.1, 0.15) is 6.10 Å². The summed E-state index contributed by atoms with van der Waals surface area (Å²) in [4.78, 5) is 15.1. The minimum Gasteiger partial charge on any atom is -0.386 e. The molecule has 0 saturated heterocycles. The van der Waals surface area contributed by atoms with E-state index in [-0.39, 0.29) is 12.5 Å². The molecule has 0 bridgehead atoms. The molecule has 1 atom stereocenters. The first kappa shape index (κ1) is 15.0. The fourth-order valence-corrected chi connectivity index (χ4v) is 3.89. The molecule has 0 spiro atoms. The fourth-order valence-electron chi connectivity index (χ4n) is 2.06. The second-order valence-corrected chi connectivity index (χ2v) is 6.83. The maximum atomic E-state index is 12.0. The summed E-state index contributed by atoms with van der Waals surface area (Å²) in [5, 5.41) is 15.0. The van der Waals surface area contributed by atoms with Crippen LogP contribution in [0.25, 0.3) is 9.75 Å². The van der Waals surface area contributed by atoms with E-state index in [2.05, 4.69) is 11.4 Å². The third-order valence-corrected chi connectivity index (χ3v) is 5.46. The van der Waals surface area contributed by atoms with Crippen molar-refractivity contribution in [3.63, 3.8) is 0 Å². The molecule has 3 rings (SSSR count). The highest BCUT2D eigenvalue weighted by Crippen LogP contribution is 2.33. The summed E-state index contributed by atoms with van der Waals surface area (Å²) in [7, 11) is 0. The van der Waals surface area contributed by atoms with Gasteiger partial charge in [0.05, 0.1) is 0 Å². The SMILES string of the molecule is O=C(NC[C@@H](O)c1ccc(-c2cccs2)s1)c1ccccc1. The molecular weight excluding hydrogens is 314 g/mol. The smallest absolute Gasteiger partial charge is 0.251 e. The third kappa shape index (κ3) is 3.44. The van der Waals surface area contributed by atoms with Crippen LogP contribution in [0, 0.1) is 0 Å². The summed E-state index contributed by atoms with van der Waals surface area (Å²) in [6.45, 7) is 0.206. The number of aliphatic hydroxyl groups is 1. The van der Waals surface area contributed by atoms with Crippen molar-refractivity contribution < 1.29 is 9.90 Å². The van der Waals surface area contributed by atoms with Crippen LogP contribution in [0.5, 0.6) is 0 Å². The number of hydrogen-bond acceptors (Lipinski definition) is 4. The molecule has 2 aromatic heterocycles. The van der Waals surface area contributed by atoms with Crippen LogP contribution < -0.4 is 5.32 Å². The van der Waals surface area contributed by atoms with Gasteiger partial charge in [-0.25, -0.2) is 0 Å². The highest BCUT2D eigenvalue weighted by Gasteiger charge is 2.13. The first-order valence-corrected chi connectivity index (χ1v) is 8.58. The van der Waals surface area contributed by atoms with Crippen LogP contribution >= 0.6 is 22.7 Å². The molecule has 0 saturated carbocycles. The van der Waals surface area contributed by atoms with Crippen molar-refractivity contribution in [3.8, 4) is 9.75 Å². The van der Waals surface area contributed by atoms with E-state index in [0.717, 1.165) is 9.75 Å². The Morgan fingerprint density at radius 2 is 1.86 bits per heavy atom. The first-order valence-electron chi connectivity index (χ1n) is 6.89. The minimum atomic E-state index is -0.689. The number of thiophene rings is 2. The summed E-state index contributed by atoms with van der Waals surface area (Å²) in [6.07, 6.45) is -0.689. The Morgan fingerprint density at radius 3 is 2.59 bits per heavy atom. The Kier molecular flexibility index (Phi) is 4.68. The molecule has 0 aliphatic rings. The van der Waals surface area contributed by atoms with E-state index in [1.54, 1.807) is 34.8 Å². The Morgan fingerprint density at radius 1 is 1.05 bits per heavy atom. The molecule has 3 nitrogen and oxygen atoms in total. The van der Waals surface area contributed by atoms with Crippen molar-refractivity contribution in [1.82, 2.24) is 5.32 Å². The molecule has 1 amide bonds. The summed E-state index contributed by atoms with van der Waals surface area (Å²) < 4.78 is 0. The van der Waals surface area contributed by atoms with Crippen molar-refractivity contribution in [2.75, 3.05) is 6.54 Å². The van der Waals surface area contributed by atoms with E-state index < -0.39 is 6.10 Å². The number of benzene rings is 1. The van der Waals surface area contributed by atoms with Gasteiger partial charge < -0.3 is 10.4 Å². The van der Waals surface area contributed by atoms with E-state index in [9.17, 15) is 9.90 Å². The van der Waals surface area contributed by atoms with E-state index in [1.165, 1.54) is 4.88 Å². The van der Waals surface area contributed by atoms with E-state index in [4.69, 9.17) is 0 Å². The van der Waals surface area contributed by atoms with Crippen LogP contribution in [-0.2, 0) is 0 Å². The standard InChI is InChI=1S/C17H15NO2S2/c19-13(11-18-17(20)12-5-2-1-3-6-12)14-8-9-16(22-14)15-7-4-10-21-15/h1-10,13,19H,11H2,(H,18,20)/t13-/m1/s1. The number of carbonyl (C=O) groups is 1. The number of carbonyl (C=O) groups excluding carboxylic acids is 1. The van der Waals surface area contributed by atoms with Gasteiger partial charge in [0.15, 0.2) is 0 Å². The molecule has 2 heterocycles. The summed E-state index contributed by atoms with van der Waals surface area (Å²) in [5.41, 5.74) is 0.597. The number of rotatable bonds is 5. The van der Waals surface area contributed by atoms with E-state index in [1.807, 2.05) is 41.8 Å². The maximum absolute atomic E-state index is 12.0. The lowest BCUT2D eigenvalue weighted by Gasteiger charge is -2.10. The molecule has 0 unspecified atom stereocenters. The summed E-state index contributed by atoms with van der Waals surface area (Å²) in [5.74, 6) is -0.172. The molecule has 2 N–H and O–H groups in total. The zero-order valence-corrected chi connectivity index (χ0v) is 13.4. The van der Waals surface area contributed by atoms with Crippen LogP contribution in [-0.4, -0.2) is 17.6 Å². The second kappa shape index (κ2) is 6.87. The second-order valence-electron chi connectivity index (χ2n) is 4.77. The van der Waals surface area contributed by atoms with Crippen LogP contribution in [0.2, 0.25) is 0 Å². The number of hydrogen-bond donors (Lipinski definition) is 2. The number of amides is 1. The minimum absolute atomic E-state index is 0.172. The monoisotopic (exact) mass is 329 g/mol. The van der Waals surface area contributed by atoms with Gasteiger partial charge in [-0.2, -0.15) is 0 Å². The Hall–Kier alpha value is -1.95. The molecule has 0 aliphatic heterocycles. The van der Waals surface area contributed by atoms with Crippen molar-refractivity contribution in [1.29, 1.82) is 0 Å². The largest absolute Gasteiger partial charge is 0.386 e. The van der Waals surface area contributed by atoms with Crippen LogP contribution in [0.1, 0.15) is 21.3 Å². The van der Waals surface area contributed by atoms with Crippen LogP contribution in [0.3, 0.4) is 0 Å². The Balaban J connectivity index is 1.60. The van der Waals surface area contributed by atoms with Gasteiger partial charge in [0.2, 0.25) is 0 Å². The zero-order chi connectivity index (χ0) is 15.4. The van der Waals surface area contributed by atoms with Gasteiger partial charge in [-0.1, -0.05) is 24.3 Å². The predicted molar refractivity (Wildman–Crippen MR) is 91.4 cm³/mol. The lowest BCUT2D eigenvalue weighted by Crippen LogP contribution is -2.27. The molecule has 0 radical (unpaired) electrons. The van der Waals surface area contributed by atoms with Gasteiger partial charge in [0.25, 0.3) is 5.91 Å². The Labute approximate surface area is 136 Å². The number of nitrogens with one attached hydrogen (secondary N) is 1. The molecule has 112 valence electrons. The quantitative estimate of drug-likeness (QED) is 0.745. The van der Waals surface area contributed by atoms with Gasteiger partial charge in [-0.3, -0.25) is 4.79 Å². The summed E-state index contributed by atoms with van der Waals surface area (Å²) in [6, 6.07) is 17.0. The van der Waals surface area contributed by atoms with Crippen LogP contribution in [0.4, 0.5) is 0 Å². The Bertz CT molecular complexity index is 735. The summed E-state index contributed by atoms with van der Waals surface area (Å²) >= 11 is 3.23. The number of aliphatic hydroxyl groups excluding tert-OH is 1. The predicted octanol–water partition coefficient (Wildman–Crippen LogP) is 3.94. The zero-order valence-electron chi connectivity index (χ0n) is 11.7. The van der Waals surface area contributed by atoms with Crippen molar-refractivity contribution >= 4 is 28.6 Å². The molecule has 1 aromatic carbocycles. The van der Waals surface area contributed by atoms with Crippen molar-refractivity contribution in [2.24, 2.45) is 0 Å². The highest BCUT2D eigenvalue weighted by atomic mass is 32.1. The topological polar surface area (TPSA) is 49.3 Å². The van der Waals surface area contributed by atoms with Crippen LogP contribution in [0.15, 0.2) is 60.0 Å². The van der Waals surface area contributed by atoms with Gasteiger partial charge in [-0.15, -0.1) is 22.7 Å². The molecule has 0 aliphatic carbocycles. The van der Waals surface area contributed by atoms with E-state index in [0.29, 0.717) is 5.56 Å². The van der Waals surface area contributed by atoms with Crippen molar-refractivity contribution in [2.45, 2.75) is 6.10 Å². The normalized spacial score (nSPS) is 12.0. The highest BCUT2D eigenvalue weighted by molar-refractivity contribution is 7.21. The van der Waals surface area contributed by atoms with Gasteiger partial charge >= 0.3 is 0 Å². The molecule has 22 heavy (non-hydrogen) atoms. The average molecular weight is 329 g/mol. The van der Waals surface area contributed by atoms with Crippen molar-refractivity contribution in [3.05, 3.63) is 70.4 Å². The maximum Gasteiger partial charge on any atom is 0.251 e. The van der Waals surface area contributed by atoms with E-state index >= 15 is 0 Å².